The number of pyridine rings is 1. The SMILES string of the molecule is c1cnc2ccc(-c3csc4ccsc34)cc2c1. The van der Waals surface area contributed by atoms with E-state index in [0.717, 1.165) is 5.52 Å². The number of rotatable bonds is 1. The first-order valence-corrected chi connectivity index (χ1v) is 7.47. The number of thiophene rings is 2. The van der Waals surface area contributed by atoms with E-state index in [1.165, 1.54) is 25.9 Å². The molecule has 0 unspecified atom stereocenters. The minimum absolute atomic E-state index is 1.05. The Labute approximate surface area is 112 Å². The Morgan fingerprint density at radius 3 is 3.00 bits per heavy atom. The van der Waals surface area contributed by atoms with E-state index in [1.54, 1.807) is 0 Å². The van der Waals surface area contributed by atoms with E-state index in [2.05, 4.69) is 46.1 Å². The first kappa shape index (κ1) is 10.2. The molecular formula is C15H9NS2. The van der Waals surface area contributed by atoms with E-state index < -0.39 is 0 Å². The number of benzene rings is 1. The van der Waals surface area contributed by atoms with Crippen LogP contribution in [0.1, 0.15) is 0 Å². The quantitative estimate of drug-likeness (QED) is 0.463. The molecule has 0 fully saturated rings. The second-order valence-electron chi connectivity index (χ2n) is 4.17. The summed E-state index contributed by atoms with van der Waals surface area (Å²) in [5.74, 6) is 0. The van der Waals surface area contributed by atoms with Crippen LogP contribution in [-0.2, 0) is 0 Å². The van der Waals surface area contributed by atoms with Gasteiger partial charge in [0.2, 0.25) is 0 Å². The summed E-state index contributed by atoms with van der Waals surface area (Å²) >= 11 is 3.63. The molecule has 0 spiro atoms. The summed E-state index contributed by atoms with van der Waals surface area (Å²) in [6.07, 6.45) is 1.84. The van der Waals surface area contributed by atoms with Crippen LogP contribution in [0.2, 0.25) is 0 Å². The highest BCUT2D eigenvalue weighted by Gasteiger charge is 2.08. The van der Waals surface area contributed by atoms with Crippen LogP contribution in [-0.4, -0.2) is 4.98 Å². The summed E-state index contributed by atoms with van der Waals surface area (Å²) in [6.45, 7) is 0. The highest BCUT2D eigenvalue weighted by Crippen LogP contribution is 2.38. The molecule has 1 aromatic carbocycles. The van der Waals surface area contributed by atoms with Gasteiger partial charge in [0.1, 0.15) is 0 Å². The van der Waals surface area contributed by atoms with Crippen molar-refractivity contribution in [3.8, 4) is 11.1 Å². The van der Waals surface area contributed by atoms with Crippen molar-refractivity contribution in [3.63, 3.8) is 0 Å². The van der Waals surface area contributed by atoms with E-state index in [1.807, 2.05) is 34.9 Å². The van der Waals surface area contributed by atoms with Crippen LogP contribution in [0.5, 0.6) is 0 Å². The maximum absolute atomic E-state index is 4.36. The van der Waals surface area contributed by atoms with Gasteiger partial charge in [-0.15, -0.1) is 22.7 Å². The zero-order valence-corrected chi connectivity index (χ0v) is 11.1. The van der Waals surface area contributed by atoms with Gasteiger partial charge in [-0.1, -0.05) is 12.1 Å². The van der Waals surface area contributed by atoms with Crippen molar-refractivity contribution in [1.82, 2.24) is 4.98 Å². The molecular weight excluding hydrogens is 258 g/mol. The molecule has 4 rings (SSSR count). The molecule has 86 valence electrons. The van der Waals surface area contributed by atoms with Crippen LogP contribution in [0.4, 0.5) is 0 Å². The number of aromatic nitrogens is 1. The second kappa shape index (κ2) is 3.90. The summed E-state index contributed by atoms with van der Waals surface area (Å²) in [7, 11) is 0. The summed E-state index contributed by atoms with van der Waals surface area (Å²) in [6, 6.07) is 12.8. The first-order valence-electron chi connectivity index (χ1n) is 5.72. The molecule has 0 aliphatic carbocycles. The lowest BCUT2D eigenvalue weighted by atomic mass is 10.1. The number of nitrogens with zero attached hydrogens (tertiary/aromatic N) is 1. The third kappa shape index (κ3) is 1.48. The molecule has 0 saturated carbocycles. The second-order valence-corrected chi connectivity index (χ2v) is 6.00. The van der Waals surface area contributed by atoms with Crippen LogP contribution in [0.15, 0.2) is 53.4 Å². The summed E-state index contributed by atoms with van der Waals surface area (Å²) in [4.78, 5) is 4.36. The Morgan fingerprint density at radius 2 is 2.00 bits per heavy atom. The van der Waals surface area contributed by atoms with Crippen molar-refractivity contribution in [2.45, 2.75) is 0 Å². The van der Waals surface area contributed by atoms with E-state index >= 15 is 0 Å². The molecule has 0 saturated heterocycles. The van der Waals surface area contributed by atoms with E-state index in [9.17, 15) is 0 Å². The van der Waals surface area contributed by atoms with Gasteiger partial charge in [-0.2, -0.15) is 0 Å². The summed E-state index contributed by atoms with van der Waals surface area (Å²) in [5, 5.41) is 5.61. The number of fused-ring (bicyclic) bond motifs is 2. The fourth-order valence-electron chi connectivity index (χ4n) is 2.20. The third-order valence-corrected chi connectivity index (χ3v) is 5.12. The summed E-state index contributed by atoms with van der Waals surface area (Å²) in [5.41, 5.74) is 3.68. The average Bonchev–Trinajstić information content (AvgIpc) is 3.00. The predicted octanol–water partition coefficient (Wildman–Crippen LogP) is 5.18. The highest BCUT2D eigenvalue weighted by molar-refractivity contribution is 7.26. The molecule has 3 heterocycles. The normalized spacial score (nSPS) is 11.3. The Bertz CT molecular complexity index is 842. The van der Waals surface area contributed by atoms with Crippen LogP contribution >= 0.6 is 22.7 Å². The van der Waals surface area contributed by atoms with Gasteiger partial charge >= 0.3 is 0 Å². The lowest BCUT2D eigenvalue weighted by molar-refractivity contribution is 1.41. The van der Waals surface area contributed by atoms with Gasteiger partial charge < -0.3 is 0 Å². The van der Waals surface area contributed by atoms with Gasteiger partial charge in [-0.25, -0.2) is 0 Å². The largest absolute Gasteiger partial charge is 0.256 e. The van der Waals surface area contributed by atoms with Crippen LogP contribution in [0.3, 0.4) is 0 Å². The van der Waals surface area contributed by atoms with Crippen molar-refractivity contribution in [2.24, 2.45) is 0 Å². The Hall–Kier alpha value is -1.71. The topological polar surface area (TPSA) is 12.9 Å². The molecule has 0 bridgehead atoms. The maximum Gasteiger partial charge on any atom is 0.0702 e. The van der Waals surface area contributed by atoms with Crippen LogP contribution in [0.25, 0.3) is 31.4 Å². The van der Waals surface area contributed by atoms with Gasteiger partial charge in [-0.05, 0) is 35.2 Å². The average molecular weight is 267 g/mol. The maximum atomic E-state index is 4.36. The number of hydrogen-bond acceptors (Lipinski definition) is 3. The molecule has 0 amide bonds. The fourth-order valence-corrected chi connectivity index (χ4v) is 4.34. The van der Waals surface area contributed by atoms with E-state index in [0.29, 0.717) is 0 Å². The van der Waals surface area contributed by atoms with Crippen molar-refractivity contribution in [3.05, 3.63) is 53.4 Å². The molecule has 0 aliphatic heterocycles. The van der Waals surface area contributed by atoms with Gasteiger partial charge in [0, 0.05) is 27.2 Å². The third-order valence-electron chi connectivity index (χ3n) is 3.09. The van der Waals surface area contributed by atoms with Crippen molar-refractivity contribution in [1.29, 1.82) is 0 Å². The van der Waals surface area contributed by atoms with E-state index in [-0.39, 0.29) is 0 Å². The van der Waals surface area contributed by atoms with Gasteiger partial charge in [0.05, 0.1) is 10.2 Å². The smallest absolute Gasteiger partial charge is 0.0702 e. The van der Waals surface area contributed by atoms with Gasteiger partial charge in [0.15, 0.2) is 0 Å². The molecule has 0 N–H and O–H groups in total. The predicted molar refractivity (Wildman–Crippen MR) is 80.4 cm³/mol. The lowest BCUT2D eigenvalue weighted by Crippen LogP contribution is -1.79. The molecule has 18 heavy (non-hydrogen) atoms. The Kier molecular flexibility index (Phi) is 2.22. The first-order chi connectivity index (χ1) is 8.92. The molecule has 1 nitrogen and oxygen atoms in total. The Morgan fingerprint density at radius 1 is 1.00 bits per heavy atom. The van der Waals surface area contributed by atoms with Crippen molar-refractivity contribution >= 4 is 43.0 Å². The van der Waals surface area contributed by atoms with E-state index in [4.69, 9.17) is 0 Å². The zero-order valence-electron chi connectivity index (χ0n) is 9.46. The van der Waals surface area contributed by atoms with Crippen molar-refractivity contribution in [2.75, 3.05) is 0 Å². The molecule has 0 aliphatic rings. The van der Waals surface area contributed by atoms with Gasteiger partial charge in [0.25, 0.3) is 0 Å². The minimum atomic E-state index is 1.05. The molecule has 3 heteroatoms. The zero-order chi connectivity index (χ0) is 11.9. The molecule has 4 aromatic rings. The lowest BCUT2D eigenvalue weighted by Gasteiger charge is -2.01. The van der Waals surface area contributed by atoms with Crippen LogP contribution < -0.4 is 0 Å². The monoisotopic (exact) mass is 267 g/mol. The molecule has 0 atom stereocenters. The molecule has 0 radical (unpaired) electrons. The van der Waals surface area contributed by atoms with Gasteiger partial charge in [-0.3, -0.25) is 4.98 Å². The molecule has 3 aromatic heterocycles. The fraction of sp³-hybridized carbons (Fsp3) is 0. The number of hydrogen-bond donors (Lipinski definition) is 0. The van der Waals surface area contributed by atoms with Crippen molar-refractivity contribution < 1.29 is 0 Å². The summed E-state index contributed by atoms with van der Waals surface area (Å²) < 4.78 is 2.77. The highest BCUT2D eigenvalue weighted by atomic mass is 32.1. The van der Waals surface area contributed by atoms with Crippen LogP contribution in [0, 0.1) is 0 Å². The minimum Gasteiger partial charge on any atom is -0.256 e. The standard InChI is InChI=1S/C15H9NS2/c1-2-11-8-10(3-4-13(11)16-6-1)12-9-18-14-5-7-17-15(12)14/h1-9H. The Balaban J connectivity index is 1.99.